The van der Waals surface area contributed by atoms with E-state index in [0.717, 1.165) is 5.56 Å². The number of para-hydroxylation sites is 1. The lowest BCUT2D eigenvalue weighted by Crippen LogP contribution is -2.20. The number of nitrogens with zero attached hydrogens (tertiary/aromatic N) is 3. The van der Waals surface area contributed by atoms with Crippen LogP contribution in [0.25, 0.3) is 16.9 Å². The standard InChI is InChI=1S/C20H14Cl2N4O2.C12H15F.C2H6.CH4/c1-12(27)19-15(10-18(28)24-11-23)20(13-6-8-14(21)9-7-13)26(25-19)17-5-3-2-4-16(17)22;13-12-9-5-4-8-11(12)10-6-2-1-3-7-10;1-2;/h2-9H,10H2,1H3,(H,24,28);4-5,8-10H,1-3,6-7H2;1-2H3;1H4. The van der Waals surface area contributed by atoms with Gasteiger partial charge in [-0.2, -0.15) is 10.4 Å². The molecule has 9 heteroatoms. The maximum Gasteiger partial charge on any atom is 0.237 e. The third kappa shape index (κ3) is 9.25. The third-order valence-electron chi connectivity index (χ3n) is 7.00. The first-order valence-corrected chi connectivity index (χ1v) is 15.1. The van der Waals surface area contributed by atoms with Crippen molar-refractivity contribution in [2.24, 2.45) is 0 Å². The van der Waals surface area contributed by atoms with Gasteiger partial charge in [-0.05, 0) is 54.7 Å². The second-order valence-electron chi connectivity index (χ2n) is 9.80. The van der Waals surface area contributed by atoms with Crippen molar-refractivity contribution in [1.82, 2.24) is 15.1 Å². The molecule has 1 saturated carbocycles. The Morgan fingerprint density at radius 2 is 1.59 bits per heavy atom. The third-order valence-corrected chi connectivity index (χ3v) is 7.57. The number of halogens is 3. The number of carbonyl (C=O) groups excluding carboxylic acids is 2. The first kappa shape index (κ1) is 36.2. The molecule has 1 N–H and O–H groups in total. The number of Topliss-reactive ketones (excluding diaryl/α,β-unsaturated/α-hetero) is 1. The highest BCUT2D eigenvalue weighted by molar-refractivity contribution is 6.32. The van der Waals surface area contributed by atoms with E-state index in [1.54, 1.807) is 66.9 Å². The van der Waals surface area contributed by atoms with Crippen molar-refractivity contribution in [3.05, 3.63) is 105 Å². The summed E-state index contributed by atoms with van der Waals surface area (Å²) in [5, 5.41) is 16.2. The average Bonchev–Trinajstić information content (AvgIpc) is 3.39. The Kier molecular flexibility index (Phi) is 14.8. The van der Waals surface area contributed by atoms with E-state index < -0.39 is 5.91 Å². The molecule has 0 radical (unpaired) electrons. The van der Waals surface area contributed by atoms with E-state index in [-0.39, 0.29) is 31.1 Å². The topological polar surface area (TPSA) is 87.8 Å². The summed E-state index contributed by atoms with van der Waals surface area (Å²) in [7, 11) is 0. The summed E-state index contributed by atoms with van der Waals surface area (Å²) in [6.45, 7) is 5.37. The minimum absolute atomic E-state index is 0. The van der Waals surface area contributed by atoms with Gasteiger partial charge in [0.1, 0.15) is 11.5 Å². The van der Waals surface area contributed by atoms with Crippen molar-refractivity contribution < 1.29 is 14.0 Å². The van der Waals surface area contributed by atoms with E-state index >= 15 is 0 Å². The Bertz CT molecular complexity index is 1570. The highest BCUT2D eigenvalue weighted by Crippen LogP contribution is 2.34. The van der Waals surface area contributed by atoms with Crippen LogP contribution in [0.15, 0.2) is 72.8 Å². The first-order valence-electron chi connectivity index (χ1n) is 14.4. The second kappa shape index (κ2) is 18.0. The van der Waals surface area contributed by atoms with Crippen molar-refractivity contribution in [2.75, 3.05) is 0 Å². The fourth-order valence-electron chi connectivity index (χ4n) is 5.09. The molecule has 0 unspecified atom stereocenters. The van der Waals surface area contributed by atoms with Gasteiger partial charge < -0.3 is 0 Å². The number of nitrogens with one attached hydrogen (secondary N) is 1. The summed E-state index contributed by atoms with van der Waals surface area (Å²) in [6, 6.07) is 21.2. The summed E-state index contributed by atoms with van der Waals surface area (Å²) in [5.41, 5.74) is 3.26. The zero-order valence-electron chi connectivity index (χ0n) is 24.5. The van der Waals surface area contributed by atoms with Crippen LogP contribution in [0.3, 0.4) is 0 Å². The van der Waals surface area contributed by atoms with Crippen molar-refractivity contribution in [3.63, 3.8) is 0 Å². The fraction of sp³-hybridized carbons (Fsp3) is 0.314. The monoisotopic (exact) mass is 636 g/mol. The molecular weight excluding hydrogens is 598 g/mol. The smallest absolute Gasteiger partial charge is 0.237 e. The molecule has 232 valence electrons. The molecule has 0 aliphatic heterocycles. The summed E-state index contributed by atoms with van der Waals surface area (Å²) in [6.07, 6.45) is 7.60. The van der Waals surface area contributed by atoms with Crippen LogP contribution in [0.4, 0.5) is 4.39 Å². The van der Waals surface area contributed by atoms with Gasteiger partial charge in [0.2, 0.25) is 5.91 Å². The van der Waals surface area contributed by atoms with Gasteiger partial charge >= 0.3 is 0 Å². The molecule has 0 spiro atoms. The molecule has 1 heterocycles. The fourth-order valence-corrected chi connectivity index (χ4v) is 5.43. The quantitative estimate of drug-likeness (QED) is 0.130. The Hall–Kier alpha value is -3.99. The van der Waals surface area contributed by atoms with E-state index in [0.29, 0.717) is 38.5 Å². The number of hydrogen-bond donors (Lipinski definition) is 1. The molecular formula is C35H39Cl2FN4O2. The molecule has 1 aromatic heterocycles. The second-order valence-corrected chi connectivity index (χ2v) is 10.6. The molecule has 0 atom stereocenters. The summed E-state index contributed by atoms with van der Waals surface area (Å²) >= 11 is 12.4. The van der Waals surface area contributed by atoms with Crippen molar-refractivity contribution in [2.45, 2.75) is 72.6 Å². The van der Waals surface area contributed by atoms with Crippen LogP contribution in [0, 0.1) is 17.3 Å². The first-order chi connectivity index (χ1) is 20.8. The van der Waals surface area contributed by atoms with E-state index in [1.807, 2.05) is 26.0 Å². The normalized spacial score (nSPS) is 12.3. The molecule has 1 fully saturated rings. The van der Waals surface area contributed by atoms with E-state index in [9.17, 15) is 14.0 Å². The van der Waals surface area contributed by atoms with Crippen LogP contribution in [0.2, 0.25) is 10.0 Å². The molecule has 5 rings (SSSR count). The predicted octanol–water partition coefficient (Wildman–Crippen LogP) is 9.72. The summed E-state index contributed by atoms with van der Waals surface area (Å²) < 4.78 is 14.9. The van der Waals surface area contributed by atoms with E-state index in [2.05, 4.69) is 10.4 Å². The van der Waals surface area contributed by atoms with Gasteiger partial charge in [0.05, 0.1) is 22.8 Å². The van der Waals surface area contributed by atoms with E-state index in [1.165, 1.54) is 43.7 Å². The van der Waals surface area contributed by atoms with E-state index in [4.69, 9.17) is 28.5 Å². The van der Waals surface area contributed by atoms with Gasteiger partial charge in [-0.1, -0.05) is 106 Å². The molecule has 1 amide bonds. The Labute approximate surface area is 269 Å². The number of benzene rings is 3. The molecule has 44 heavy (non-hydrogen) atoms. The van der Waals surface area contributed by atoms with Gasteiger partial charge in [0.25, 0.3) is 0 Å². The molecule has 3 aromatic carbocycles. The van der Waals surface area contributed by atoms with Crippen LogP contribution in [0.1, 0.15) is 87.8 Å². The van der Waals surface area contributed by atoms with Crippen molar-refractivity contribution >= 4 is 34.9 Å². The average molecular weight is 638 g/mol. The Morgan fingerprint density at radius 1 is 0.977 bits per heavy atom. The highest BCUT2D eigenvalue weighted by atomic mass is 35.5. The lowest BCUT2D eigenvalue weighted by atomic mass is 9.84. The zero-order valence-corrected chi connectivity index (χ0v) is 26.1. The number of rotatable bonds is 6. The molecule has 4 aromatic rings. The van der Waals surface area contributed by atoms with Gasteiger partial charge in [-0.3, -0.25) is 14.9 Å². The molecule has 1 aliphatic rings. The minimum atomic E-state index is -0.543. The number of hydrogen-bond acceptors (Lipinski definition) is 4. The Balaban J connectivity index is 0.000000353. The maximum absolute atomic E-state index is 13.4. The van der Waals surface area contributed by atoms with Gasteiger partial charge in [-0.25, -0.2) is 9.07 Å². The SMILES string of the molecule is C.CC.CC(=O)c1nn(-c2ccccc2Cl)c(-c2ccc(Cl)cc2)c1CC(=O)NC#N.Fc1ccccc1C1CCCCC1. The number of carbonyl (C=O) groups is 2. The summed E-state index contributed by atoms with van der Waals surface area (Å²) in [5.74, 6) is -0.385. The minimum Gasteiger partial charge on any atom is -0.293 e. The molecule has 0 saturated heterocycles. The maximum atomic E-state index is 13.4. The van der Waals surface area contributed by atoms with Crippen molar-refractivity contribution in [3.8, 4) is 23.1 Å². The zero-order chi connectivity index (χ0) is 31.4. The highest BCUT2D eigenvalue weighted by Gasteiger charge is 2.25. The lowest BCUT2D eigenvalue weighted by Gasteiger charge is -2.22. The number of amides is 1. The predicted molar refractivity (Wildman–Crippen MR) is 177 cm³/mol. The van der Waals surface area contributed by atoms with Gasteiger partial charge in [0, 0.05) is 23.1 Å². The van der Waals surface area contributed by atoms with Crippen LogP contribution < -0.4 is 5.32 Å². The van der Waals surface area contributed by atoms with Crippen LogP contribution >= 0.6 is 23.2 Å². The molecule has 0 bridgehead atoms. The number of ketones is 1. The van der Waals surface area contributed by atoms with Crippen LogP contribution in [-0.2, 0) is 11.2 Å². The van der Waals surface area contributed by atoms with Crippen LogP contribution in [-0.4, -0.2) is 21.5 Å². The number of aromatic nitrogens is 2. The van der Waals surface area contributed by atoms with Crippen LogP contribution in [0.5, 0.6) is 0 Å². The van der Waals surface area contributed by atoms with Gasteiger partial charge in [0.15, 0.2) is 12.0 Å². The summed E-state index contributed by atoms with van der Waals surface area (Å²) in [4.78, 5) is 24.4. The van der Waals surface area contributed by atoms with Crippen molar-refractivity contribution in [1.29, 1.82) is 5.26 Å². The largest absolute Gasteiger partial charge is 0.293 e. The Morgan fingerprint density at radius 3 is 2.18 bits per heavy atom. The number of nitriles is 1. The molecule has 6 nitrogen and oxygen atoms in total. The molecule has 1 aliphatic carbocycles. The lowest BCUT2D eigenvalue weighted by molar-refractivity contribution is -0.119. The van der Waals surface area contributed by atoms with Gasteiger partial charge in [-0.15, -0.1) is 0 Å².